The molecular weight excluding hydrogens is 484 g/mol. The lowest BCUT2D eigenvalue weighted by Gasteiger charge is -2.18. The van der Waals surface area contributed by atoms with Gasteiger partial charge in [0.25, 0.3) is 0 Å². The number of hydrogen-bond donors (Lipinski definition) is 1. The summed E-state index contributed by atoms with van der Waals surface area (Å²) in [6, 6.07) is 7.64. The second-order valence-corrected chi connectivity index (χ2v) is 10.4. The van der Waals surface area contributed by atoms with Gasteiger partial charge in [-0.1, -0.05) is 18.7 Å². The van der Waals surface area contributed by atoms with Gasteiger partial charge in [-0.15, -0.1) is 21.5 Å². The quantitative estimate of drug-likeness (QED) is 0.315. The summed E-state index contributed by atoms with van der Waals surface area (Å²) in [6.07, 6.45) is 2.78. The first-order chi connectivity index (χ1) is 16.9. The smallest absolute Gasteiger partial charge is 0.341 e. The van der Waals surface area contributed by atoms with Crippen molar-refractivity contribution < 1.29 is 19.1 Å². The molecule has 1 amide bonds. The van der Waals surface area contributed by atoms with Crippen LogP contribution < -0.4 is 10.1 Å². The zero-order chi connectivity index (χ0) is 24.9. The van der Waals surface area contributed by atoms with Gasteiger partial charge in [0.05, 0.1) is 25.0 Å². The first-order valence-electron chi connectivity index (χ1n) is 11.8. The maximum Gasteiger partial charge on any atom is 0.341 e. The highest BCUT2D eigenvalue weighted by Crippen LogP contribution is 2.40. The first-order valence-corrected chi connectivity index (χ1v) is 13.6. The number of ether oxygens (including phenoxy) is 2. The van der Waals surface area contributed by atoms with Crippen LogP contribution in [0.2, 0.25) is 0 Å². The number of hydrogen-bond acceptors (Lipinski definition) is 8. The molecule has 3 aromatic rings. The summed E-state index contributed by atoms with van der Waals surface area (Å²) in [4.78, 5) is 26.8. The number of rotatable bonds is 9. The number of nitrogens with zero attached hydrogens (tertiary/aromatic N) is 3. The number of esters is 1. The first kappa shape index (κ1) is 25.2. The molecule has 1 unspecified atom stereocenters. The number of thioether (sulfide) groups is 1. The molecule has 0 saturated carbocycles. The van der Waals surface area contributed by atoms with Crippen LogP contribution in [0.25, 0.3) is 11.4 Å². The number of methoxy groups -OCH3 is 1. The topological polar surface area (TPSA) is 95.3 Å². The van der Waals surface area contributed by atoms with Crippen LogP contribution in [-0.2, 0) is 28.9 Å². The van der Waals surface area contributed by atoms with Crippen LogP contribution in [0.3, 0.4) is 0 Å². The van der Waals surface area contributed by atoms with E-state index < -0.39 is 0 Å². The van der Waals surface area contributed by atoms with Crippen molar-refractivity contribution in [3.05, 3.63) is 40.3 Å². The van der Waals surface area contributed by atoms with Crippen molar-refractivity contribution in [1.82, 2.24) is 14.8 Å². The lowest BCUT2D eigenvalue weighted by Crippen LogP contribution is -2.18. The minimum Gasteiger partial charge on any atom is -0.497 e. The molecule has 1 aliphatic rings. The molecule has 0 aliphatic heterocycles. The summed E-state index contributed by atoms with van der Waals surface area (Å²) in [5.74, 6) is 1.68. The molecule has 2 aromatic heterocycles. The van der Waals surface area contributed by atoms with E-state index >= 15 is 0 Å². The zero-order valence-corrected chi connectivity index (χ0v) is 22.1. The SMILES string of the molecule is CCOC(=O)c1c(NC(=O)CSc2nnc(-c3ccc(OC)cc3)n2CC)sc2c1CCC(C)C2. The van der Waals surface area contributed by atoms with Crippen LogP contribution in [0.4, 0.5) is 5.00 Å². The minimum atomic E-state index is -0.364. The van der Waals surface area contributed by atoms with Gasteiger partial charge < -0.3 is 19.4 Å². The second kappa shape index (κ2) is 11.3. The average molecular weight is 515 g/mol. The number of benzene rings is 1. The van der Waals surface area contributed by atoms with Crippen LogP contribution in [0, 0.1) is 5.92 Å². The number of anilines is 1. The fraction of sp³-hybridized carbons (Fsp3) is 0.440. The van der Waals surface area contributed by atoms with Crippen molar-refractivity contribution in [3.8, 4) is 17.1 Å². The van der Waals surface area contributed by atoms with Gasteiger partial charge in [-0.05, 0) is 68.9 Å². The van der Waals surface area contributed by atoms with Crippen molar-refractivity contribution in [1.29, 1.82) is 0 Å². The predicted octanol–water partition coefficient (Wildman–Crippen LogP) is 5.07. The lowest BCUT2D eigenvalue weighted by molar-refractivity contribution is -0.113. The van der Waals surface area contributed by atoms with E-state index in [1.807, 2.05) is 35.8 Å². The van der Waals surface area contributed by atoms with Crippen LogP contribution in [0.1, 0.15) is 48.0 Å². The largest absolute Gasteiger partial charge is 0.497 e. The molecule has 35 heavy (non-hydrogen) atoms. The van der Waals surface area contributed by atoms with Crippen LogP contribution in [0.15, 0.2) is 29.4 Å². The van der Waals surface area contributed by atoms with E-state index in [1.165, 1.54) is 28.0 Å². The maximum absolute atomic E-state index is 12.9. The third-order valence-corrected chi connectivity index (χ3v) is 8.09. The van der Waals surface area contributed by atoms with Gasteiger partial charge in [0.15, 0.2) is 11.0 Å². The number of nitrogens with one attached hydrogen (secondary N) is 1. The number of amides is 1. The Labute approximate surface area is 213 Å². The average Bonchev–Trinajstić information content (AvgIpc) is 3.43. The molecule has 1 aromatic carbocycles. The Hall–Kier alpha value is -2.85. The summed E-state index contributed by atoms with van der Waals surface area (Å²) >= 11 is 2.82. The van der Waals surface area contributed by atoms with Crippen molar-refractivity contribution >= 4 is 40.0 Å². The molecule has 0 bridgehead atoms. The predicted molar refractivity (Wildman–Crippen MR) is 139 cm³/mol. The molecule has 8 nitrogen and oxygen atoms in total. The molecule has 0 radical (unpaired) electrons. The third-order valence-electron chi connectivity index (χ3n) is 5.96. The molecule has 0 spiro atoms. The lowest BCUT2D eigenvalue weighted by atomic mass is 9.88. The van der Waals surface area contributed by atoms with Gasteiger partial charge >= 0.3 is 5.97 Å². The van der Waals surface area contributed by atoms with Gasteiger partial charge in [0.1, 0.15) is 10.8 Å². The Bertz CT molecular complexity index is 1200. The summed E-state index contributed by atoms with van der Waals surface area (Å²) < 4.78 is 12.5. The number of fused-ring (bicyclic) bond motifs is 1. The molecule has 1 N–H and O–H groups in total. The fourth-order valence-electron chi connectivity index (χ4n) is 4.19. The molecular formula is C25H30N4O4S2. The van der Waals surface area contributed by atoms with Gasteiger partial charge in [-0.2, -0.15) is 0 Å². The van der Waals surface area contributed by atoms with E-state index in [-0.39, 0.29) is 17.6 Å². The number of carbonyl (C=O) groups excluding carboxylic acids is 2. The van der Waals surface area contributed by atoms with Gasteiger partial charge in [-0.25, -0.2) is 4.79 Å². The number of thiophene rings is 1. The highest BCUT2D eigenvalue weighted by Gasteiger charge is 2.29. The summed E-state index contributed by atoms with van der Waals surface area (Å²) in [5.41, 5.74) is 2.48. The second-order valence-electron chi connectivity index (χ2n) is 8.39. The summed E-state index contributed by atoms with van der Waals surface area (Å²) in [7, 11) is 1.63. The Morgan fingerprint density at radius 2 is 2.00 bits per heavy atom. The Balaban J connectivity index is 1.48. The highest BCUT2D eigenvalue weighted by atomic mass is 32.2. The van der Waals surface area contributed by atoms with E-state index in [0.717, 1.165) is 42.0 Å². The van der Waals surface area contributed by atoms with Crippen LogP contribution in [0.5, 0.6) is 5.75 Å². The van der Waals surface area contributed by atoms with Gasteiger partial charge in [0, 0.05) is 17.0 Å². The van der Waals surface area contributed by atoms with Gasteiger partial charge in [-0.3, -0.25) is 4.79 Å². The maximum atomic E-state index is 12.9. The zero-order valence-electron chi connectivity index (χ0n) is 20.4. The molecule has 0 saturated heterocycles. The van der Waals surface area contributed by atoms with Crippen molar-refractivity contribution in [2.24, 2.45) is 5.92 Å². The van der Waals surface area contributed by atoms with Crippen LogP contribution in [-0.4, -0.2) is 46.1 Å². The fourth-order valence-corrected chi connectivity index (χ4v) is 6.40. The Kier molecular flexibility index (Phi) is 8.12. The van der Waals surface area contributed by atoms with E-state index in [2.05, 4.69) is 22.4 Å². The standard InChI is InChI=1S/C25H30N4O4S2/c1-5-29-22(16-8-10-17(32-4)11-9-16)27-28-25(29)34-14-20(30)26-23-21(24(31)33-6-2)18-12-7-15(3)13-19(18)35-23/h8-11,15H,5-7,12-14H2,1-4H3,(H,26,30). The molecule has 186 valence electrons. The van der Waals surface area contributed by atoms with E-state index in [0.29, 0.717) is 34.8 Å². The third kappa shape index (κ3) is 5.54. The molecule has 1 atom stereocenters. The Morgan fingerprint density at radius 1 is 1.23 bits per heavy atom. The van der Waals surface area contributed by atoms with Crippen molar-refractivity contribution in [2.75, 3.05) is 24.8 Å². The molecule has 4 rings (SSSR count). The van der Waals surface area contributed by atoms with E-state index in [9.17, 15) is 9.59 Å². The normalized spacial score (nSPS) is 14.9. The van der Waals surface area contributed by atoms with Crippen molar-refractivity contribution in [2.45, 2.75) is 51.7 Å². The summed E-state index contributed by atoms with van der Waals surface area (Å²) in [6.45, 7) is 6.99. The molecule has 2 heterocycles. The highest BCUT2D eigenvalue weighted by molar-refractivity contribution is 7.99. The summed E-state index contributed by atoms with van der Waals surface area (Å²) in [5, 5.41) is 12.9. The van der Waals surface area contributed by atoms with E-state index in [1.54, 1.807) is 14.0 Å². The number of aromatic nitrogens is 3. The Morgan fingerprint density at radius 3 is 2.69 bits per heavy atom. The van der Waals surface area contributed by atoms with E-state index in [4.69, 9.17) is 9.47 Å². The molecule has 10 heteroatoms. The van der Waals surface area contributed by atoms with Gasteiger partial charge in [0.2, 0.25) is 5.91 Å². The molecule has 1 aliphatic carbocycles. The minimum absolute atomic E-state index is 0.155. The monoisotopic (exact) mass is 514 g/mol. The van der Waals surface area contributed by atoms with Crippen LogP contribution >= 0.6 is 23.1 Å². The molecule has 0 fully saturated rings. The van der Waals surface area contributed by atoms with Crippen molar-refractivity contribution in [3.63, 3.8) is 0 Å². The number of carbonyl (C=O) groups is 2.